The zero-order valence-corrected chi connectivity index (χ0v) is 17.5. The number of unbranched alkanes of at least 4 members (excludes halogenated alkanes) is 9. The van der Waals surface area contributed by atoms with Gasteiger partial charge in [-0.3, -0.25) is 0 Å². The number of carbonyl (C=O) groups is 1. The third kappa shape index (κ3) is 20.8. The van der Waals surface area contributed by atoms with Crippen LogP contribution in [0.1, 0.15) is 97.8 Å². The van der Waals surface area contributed by atoms with E-state index in [1.165, 1.54) is 57.8 Å². The predicted octanol–water partition coefficient (Wildman–Crippen LogP) is 7.61. The van der Waals surface area contributed by atoms with Crippen molar-refractivity contribution in [3.63, 3.8) is 0 Å². The fourth-order valence-corrected chi connectivity index (χ4v) is 2.52. The maximum atomic E-state index is 11.3. The van der Waals surface area contributed by atoms with Crippen molar-refractivity contribution in [3.8, 4) is 0 Å². The van der Waals surface area contributed by atoms with Gasteiger partial charge in [0.05, 0.1) is 13.2 Å². The lowest BCUT2D eigenvalue weighted by Gasteiger charge is -2.07. The molecular weight excluding hydrogens is 324 g/mol. The smallest absolute Gasteiger partial charge is 0.434 e. The summed E-state index contributed by atoms with van der Waals surface area (Å²) in [7, 11) is 0. The maximum absolute atomic E-state index is 11.3. The van der Waals surface area contributed by atoms with Gasteiger partial charge in [0.2, 0.25) is 0 Å². The first kappa shape index (κ1) is 24.8. The Morgan fingerprint density at radius 2 is 1.35 bits per heavy atom. The second kappa shape index (κ2) is 20.1. The summed E-state index contributed by atoms with van der Waals surface area (Å²) in [5.74, 6) is 0.351. The molecule has 0 saturated carbocycles. The molecule has 0 unspecified atom stereocenters. The zero-order valence-electron chi connectivity index (χ0n) is 17.5. The third-order valence-electron chi connectivity index (χ3n) is 4.10. The summed E-state index contributed by atoms with van der Waals surface area (Å²) in [6.45, 7) is 7.17. The van der Waals surface area contributed by atoms with Gasteiger partial charge in [0.25, 0.3) is 0 Å². The number of allylic oxidation sites excluding steroid dienone is 4. The minimum absolute atomic E-state index is 0.351. The van der Waals surface area contributed by atoms with Gasteiger partial charge in [0.15, 0.2) is 0 Å². The maximum Gasteiger partial charge on any atom is 0.508 e. The highest BCUT2D eigenvalue weighted by Crippen LogP contribution is 2.08. The fourth-order valence-electron chi connectivity index (χ4n) is 2.52. The Morgan fingerprint density at radius 1 is 0.769 bits per heavy atom. The molecule has 0 spiro atoms. The fraction of sp³-hybridized carbons (Fsp3) is 0.783. The van der Waals surface area contributed by atoms with E-state index >= 15 is 0 Å². The summed E-state index contributed by atoms with van der Waals surface area (Å²) in [5.41, 5.74) is 0. The van der Waals surface area contributed by atoms with Gasteiger partial charge in [0.1, 0.15) is 0 Å². The van der Waals surface area contributed by atoms with Gasteiger partial charge in [-0.2, -0.15) is 0 Å². The standard InChI is InChI=1S/C23H42O3/c1-4-5-6-7-8-9-10-11-12-13-14-15-16-17-18-19-20-25-23(24)26-21-22(2)3/h8-9,11-12,22H,4-7,10,13-21H2,1-3H3/b9-8+,12-11-. The molecule has 3 nitrogen and oxygen atoms in total. The SMILES string of the molecule is CCCCC/C=C/C/C=C\CCCCCCCCOC(=O)OCC(C)C. The van der Waals surface area contributed by atoms with E-state index in [2.05, 4.69) is 31.2 Å². The van der Waals surface area contributed by atoms with E-state index in [1.807, 2.05) is 13.8 Å². The van der Waals surface area contributed by atoms with Gasteiger partial charge in [-0.1, -0.05) is 83.6 Å². The monoisotopic (exact) mass is 366 g/mol. The summed E-state index contributed by atoms with van der Waals surface area (Å²) >= 11 is 0. The van der Waals surface area contributed by atoms with Crippen LogP contribution < -0.4 is 0 Å². The van der Waals surface area contributed by atoms with E-state index in [4.69, 9.17) is 9.47 Å². The lowest BCUT2D eigenvalue weighted by Crippen LogP contribution is -2.12. The van der Waals surface area contributed by atoms with E-state index < -0.39 is 6.16 Å². The van der Waals surface area contributed by atoms with Crippen LogP contribution in [0.5, 0.6) is 0 Å². The molecular formula is C23H42O3. The highest BCUT2D eigenvalue weighted by atomic mass is 16.7. The molecule has 26 heavy (non-hydrogen) atoms. The molecule has 0 radical (unpaired) electrons. The van der Waals surface area contributed by atoms with Crippen molar-refractivity contribution in [3.05, 3.63) is 24.3 Å². The summed E-state index contributed by atoms with van der Waals surface area (Å²) in [6, 6.07) is 0. The molecule has 0 amide bonds. The van der Waals surface area contributed by atoms with Crippen LogP contribution in [-0.4, -0.2) is 19.4 Å². The highest BCUT2D eigenvalue weighted by Gasteiger charge is 2.04. The van der Waals surface area contributed by atoms with E-state index in [-0.39, 0.29) is 0 Å². The Hall–Kier alpha value is -1.25. The van der Waals surface area contributed by atoms with Crippen LogP contribution in [0.25, 0.3) is 0 Å². The normalized spacial score (nSPS) is 11.7. The van der Waals surface area contributed by atoms with E-state index in [0.29, 0.717) is 19.1 Å². The van der Waals surface area contributed by atoms with E-state index in [1.54, 1.807) is 0 Å². The lowest BCUT2D eigenvalue weighted by molar-refractivity contribution is 0.0465. The Balaban J connectivity index is 3.24. The number of hydrogen-bond acceptors (Lipinski definition) is 3. The van der Waals surface area contributed by atoms with Crippen LogP contribution >= 0.6 is 0 Å². The first-order valence-corrected chi connectivity index (χ1v) is 10.8. The second-order valence-corrected chi connectivity index (χ2v) is 7.39. The van der Waals surface area contributed by atoms with Crippen molar-refractivity contribution in [2.24, 2.45) is 5.92 Å². The minimum Gasteiger partial charge on any atom is -0.434 e. The summed E-state index contributed by atoms with van der Waals surface area (Å²) < 4.78 is 10.00. The summed E-state index contributed by atoms with van der Waals surface area (Å²) in [5, 5.41) is 0. The van der Waals surface area contributed by atoms with Crippen molar-refractivity contribution < 1.29 is 14.3 Å². The van der Waals surface area contributed by atoms with Gasteiger partial charge < -0.3 is 9.47 Å². The molecule has 0 atom stereocenters. The Morgan fingerprint density at radius 3 is 1.96 bits per heavy atom. The van der Waals surface area contributed by atoms with Crippen molar-refractivity contribution in [2.45, 2.75) is 97.8 Å². The lowest BCUT2D eigenvalue weighted by atomic mass is 10.1. The zero-order chi connectivity index (χ0) is 19.3. The molecule has 0 aliphatic carbocycles. The first-order valence-electron chi connectivity index (χ1n) is 10.8. The van der Waals surface area contributed by atoms with Crippen LogP contribution in [0.2, 0.25) is 0 Å². The van der Waals surface area contributed by atoms with Crippen LogP contribution in [0.15, 0.2) is 24.3 Å². The molecule has 0 fully saturated rings. The minimum atomic E-state index is -0.527. The predicted molar refractivity (Wildman–Crippen MR) is 111 cm³/mol. The molecule has 152 valence electrons. The Bertz CT molecular complexity index is 358. The molecule has 0 saturated heterocycles. The molecule has 0 N–H and O–H groups in total. The van der Waals surface area contributed by atoms with Crippen LogP contribution in [-0.2, 0) is 9.47 Å². The van der Waals surface area contributed by atoms with Gasteiger partial charge in [-0.05, 0) is 44.4 Å². The molecule has 0 aromatic heterocycles. The average molecular weight is 367 g/mol. The van der Waals surface area contributed by atoms with Gasteiger partial charge in [0, 0.05) is 0 Å². The van der Waals surface area contributed by atoms with Crippen LogP contribution in [0.4, 0.5) is 4.79 Å². The topological polar surface area (TPSA) is 35.5 Å². The molecule has 0 bridgehead atoms. The molecule has 3 heteroatoms. The summed E-state index contributed by atoms with van der Waals surface area (Å²) in [6.07, 6.45) is 23.2. The van der Waals surface area contributed by atoms with E-state index in [9.17, 15) is 4.79 Å². The van der Waals surface area contributed by atoms with Crippen LogP contribution in [0, 0.1) is 5.92 Å². The van der Waals surface area contributed by atoms with Gasteiger partial charge >= 0.3 is 6.16 Å². The van der Waals surface area contributed by atoms with E-state index in [0.717, 1.165) is 19.3 Å². The molecule has 0 heterocycles. The first-order chi connectivity index (χ1) is 12.7. The Kier molecular flexibility index (Phi) is 19.1. The van der Waals surface area contributed by atoms with Crippen molar-refractivity contribution in [2.75, 3.05) is 13.2 Å². The largest absolute Gasteiger partial charge is 0.508 e. The highest BCUT2D eigenvalue weighted by molar-refractivity contribution is 5.59. The van der Waals surface area contributed by atoms with Crippen LogP contribution in [0.3, 0.4) is 0 Å². The van der Waals surface area contributed by atoms with Crippen molar-refractivity contribution >= 4 is 6.16 Å². The number of rotatable bonds is 17. The Labute approximate surface area is 162 Å². The molecule has 0 rings (SSSR count). The summed E-state index contributed by atoms with van der Waals surface area (Å²) in [4.78, 5) is 11.3. The molecule has 0 aliphatic heterocycles. The van der Waals surface area contributed by atoms with Crippen molar-refractivity contribution in [1.82, 2.24) is 0 Å². The molecule has 0 aliphatic rings. The average Bonchev–Trinajstić information content (AvgIpc) is 2.62. The van der Waals surface area contributed by atoms with Gasteiger partial charge in [-0.15, -0.1) is 0 Å². The molecule has 0 aromatic rings. The van der Waals surface area contributed by atoms with Gasteiger partial charge in [-0.25, -0.2) is 4.79 Å². The van der Waals surface area contributed by atoms with Crippen molar-refractivity contribution in [1.29, 1.82) is 0 Å². The number of ether oxygens (including phenoxy) is 2. The number of hydrogen-bond donors (Lipinski definition) is 0. The third-order valence-corrected chi connectivity index (χ3v) is 4.10. The molecule has 0 aromatic carbocycles. The quantitative estimate of drug-likeness (QED) is 0.151. The second-order valence-electron chi connectivity index (χ2n) is 7.39. The number of carbonyl (C=O) groups excluding carboxylic acids is 1.